The second-order valence-corrected chi connectivity index (χ2v) is 6.06. The summed E-state index contributed by atoms with van der Waals surface area (Å²) in [4.78, 5) is 2.82. The first-order chi connectivity index (χ1) is 7.70. The van der Waals surface area contributed by atoms with Gasteiger partial charge in [0.1, 0.15) is 0 Å². The maximum atomic E-state index is 3.66. The number of piperidine rings is 2. The van der Waals surface area contributed by atoms with Gasteiger partial charge in [-0.1, -0.05) is 27.2 Å². The molecule has 0 aromatic heterocycles. The molecule has 2 aliphatic heterocycles. The summed E-state index contributed by atoms with van der Waals surface area (Å²) in [6, 6.07) is 2.54. The van der Waals surface area contributed by atoms with E-state index in [1.54, 1.807) is 0 Å². The van der Waals surface area contributed by atoms with E-state index in [1.165, 1.54) is 38.6 Å². The predicted octanol–water partition coefficient (Wildman–Crippen LogP) is 2.64. The highest BCUT2D eigenvalue weighted by Crippen LogP contribution is 2.34. The molecule has 2 fully saturated rings. The minimum atomic E-state index is 0.795. The van der Waals surface area contributed by atoms with Crippen LogP contribution >= 0.6 is 0 Å². The fourth-order valence-electron chi connectivity index (χ4n) is 3.65. The lowest BCUT2D eigenvalue weighted by atomic mass is 9.81. The molecule has 0 saturated carbocycles. The van der Waals surface area contributed by atoms with E-state index in [2.05, 4.69) is 31.0 Å². The fraction of sp³-hybridized carbons (Fsp3) is 1.00. The zero-order valence-corrected chi connectivity index (χ0v) is 11.2. The summed E-state index contributed by atoms with van der Waals surface area (Å²) in [5, 5.41) is 3.66. The highest BCUT2D eigenvalue weighted by molar-refractivity contribution is 4.95. The molecule has 94 valence electrons. The Morgan fingerprint density at radius 2 is 1.81 bits per heavy atom. The Morgan fingerprint density at radius 3 is 2.31 bits per heavy atom. The third-order valence-electron chi connectivity index (χ3n) is 4.19. The monoisotopic (exact) mass is 224 g/mol. The summed E-state index contributed by atoms with van der Waals surface area (Å²) >= 11 is 0. The molecular weight excluding hydrogens is 196 g/mol. The van der Waals surface area contributed by atoms with Gasteiger partial charge in [-0.3, -0.25) is 4.90 Å². The van der Waals surface area contributed by atoms with Gasteiger partial charge in [0.05, 0.1) is 0 Å². The lowest BCUT2D eigenvalue weighted by Crippen LogP contribution is -2.57. The van der Waals surface area contributed by atoms with Gasteiger partial charge in [-0.15, -0.1) is 0 Å². The van der Waals surface area contributed by atoms with Gasteiger partial charge in [0.15, 0.2) is 0 Å². The maximum absolute atomic E-state index is 3.66. The topological polar surface area (TPSA) is 15.3 Å². The van der Waals surface area contributed by atoms with Gasteiger partial charge in [0.25, 0.3) is 0 Å². The standard InChI is InChI=1S/C14H28N2/c1-4-15-12-8-13-6-5-7-14(9-12)16(13)10-11(2)3/h11-15H,4-10H2,1-3H3. The van der Waals surface area contributed by atoms with Gasteiger partial charge >= 0.3 is 0 Å². The largest absolute Gasteiger partial charge is 0.314 e. The molecule has 0 aliphatic carbocycles. The molecular formula is C14H28N2. The smallest absolute Gasteiger partial charge is 0.0113 e. The molecule has 16 heavy (non-hydrogen) atoms. The van der Waals surface area contributed by atoms with E-state index in [-0.39, 0.29) is 0 Å². The zero-order chi connectivity index (χ0) is 11.5. The van der Waals surface area contributed by atoms with Crippen LogP contribution in [-0.4, -0.2) is 36.1 Å². The van der Waals surface area contributed by atoms with Gasteiger partial charge < -0.3 is 5.32 Å². The molecule has 0 aromatic carbocycles. The third-order valence-corrected chi connectivity index (χ3v) is 4.19. The van der Waals surface area contributed by atoms with Gasteiger partial charge in [-0.2, -0.15) is 0 Å². The van der Waals surface area contributed by atoms with Crippen LogP contribution in [-0.2, 0) is 0 Å². The van der Waals surface area contributed by atoms with Crippen LogP contribution in [0, 0.1) is 5.92 Å². The van der Waals surface area contributed by atoms with E-state index in [4.69, 9.17) is 0 Å². The van der Waals surface area contributed by atoms with E-state index in [0.29, 0.717) is 0 Å². The minimum Gasteiger partial charge on any atom is -0.314 e. The quantitative estimate of drug-likeness (QED) is 0.790. The SMILES string of the molecule is CCNC1CC2CCCC(C1)N2CC(C)C. The summed E-state index contributed by atoms with van der Waals surface area (Å²) in [7, 11) is 0. The van der Waals surface area contributed by atoms with Crippen molar-refractivity contribution in [3.8, 4) is 0 Å². The zero-order valence-electron chi connectivity index (χ0n) is 11.2. The molecule has 2 bridgehead atoms. The van der Waals surface area contributed by atoms with Crippen LogP contribution in [0.2, 0.25) is 0 Å². The minimum absolute atomic E-state index is 0.795. The molecule has 0 radical (unpaired) electrons. The number of fused-ring (bicyclic) bond motifs is 2. The van der Waals surface area contributed by atoms with Crippen LogP contribution in [0.1, 0.15) is 52.9 Å². The molecule has 0 amide bonds. The van der Waals surface area contributed by atoms with E-state index in [1.807, 2.05) is 0 Å². The average Bonchev–Trinajstić information content (AvgIpc) is 2.18. The molecule has 0 spiro atoms. The molecule has 2 rings (SSSR count). The normalized spacial score (nSPS) is 35.6. The van der Waals surface area contributed by atoms with Gasteiger partial charge in [-0.25, -0.2) is 0 Å². The number of hydrogen-bond donors (Lipinski definition) is 1. The van der Waals surface area contributed by atoms with Crippen molar-refractivity contribution in [1.29, 1.82) is 0 Å². The number of rotatable bonds is 4. The first-order valence-corrected chi connectivity index (χ1v) is 7.19. The van der Waals surface area contributed by atoms with E-state index >= 15 is 0 Å². The molecule has 2 nitrogen and oxygen atoms in total. The Balaban J connectivity index is 1.96. The first kappa shape index (κ1) is 12.4. The maximum Gasteiger partial charge on any atom is 0.0113 e. The molecule has 2 saturated heterocycles. The van der Waals surface area contributed by atoms with E-state index in [9.17, 15) is 0 Å². The molecule has 2 atom stereocenters. The van der Waals surface area contributed by atoms with Gasteiger partial charge in [0.2, 0.25) is 0 Å². The predicted molar refractivity (Wildman–Crippen MR) is 69.7 cm³/mol. The lowest BCUT2D eigenvalue weighted by molar-refractivity contribution is 0.0161. The average molecular weight is 224 g/mol. The first-order valence-electron chi connectivity index (χ1n) is 7.19. The van der Waals surface area contributed by atoms with Crippen LogP contribution in [0.3, 0.4) is 0 Å². The fourth-order valence-corrected chi connectivity index (χ4v) is 3.65. The molecule has 2 heterocycles. The van der Waals surface area contributed by atoms with Crippen molar-refractivity contribution in [1.82, 2.24) is 10.2 Å². The van der Waals surface area contributed by atoms with Gasteiger partial charge in [0, 0.05) is 24.7 Å². The van der Waals surface area contributed by atoms with Crippen molar-refractivity contribution in [2.75, 3.05) is 13.1 Å². The third kappa shape index (κ3) is 2.78. The van der Waals surface area contributed by atoms with Crippen LogP contribution in [0.4, 0.5) is 0 Å². The summed E-state index contributed by atoms with van der Waals surface area (Å²) < 4.78 is 0. The Bertz CT molecular complexity index is 201. The Hall–Kier alpha value is -0.0800. The molecule has 1 N–H and O–H groups in total. The molecule has 2 unspecified atom stereocenters. The van der Waals surface area contributed by atoms with Crippen molar-refractivity contribution in [3.05, 3.63) is 0 Å². The van der Waals surface area contributed by atoms with Crippen molar-refractivity contribution >= 4 is 0 Å². The van der Waals surface area contributed by atoms with Crippen molar-refractivity contribution in [2.45, 2.75) is 71.0 Å². The Morgan fingerprint density at radius 1 is 1.19 bits per heavy atom. The van der Waals surface area contributed by atoms with E-state index in [0.717, 1.165) is 30.6 Å². The van der Waals surface area contributed by atoms with Crippen LogP contribution in [0.5, 0.6) is 0 Å². The van der Waals surface area contributed by atoms with Gasteiger partial charge in [-0.05, 0) is 38.1 Å². The second-order valence-electron chi connectivity index (χ2n) is 6.06. The second kappa shape index (κ2) is 5.50. The highest BCUT2D eigenvalue weighted by atomic mass is 15.2. The molecule has 2 heteroatoms. The van der Waals surface area contributed by atoms with Crippen molar-refractivity contribution in [2.24, 2.45) is 5.92 Å². The Labute approximate surface area is 101 Å². The number of hydrogen-bond acceptors (Lipinski definition) is 2. The van der Waals surface area contributed by atoms with Crippen LogP contribution in [0.25, 0.3) is 0 Å². The van der Waals surface area contributed by atoms with Crippen LogP contribution in [0.15, 0.2) is 0 Å². The summed E-state index contributed by atoms with van der Waals surface area (Å²) in [6.45, 7) is 9.39. The summed E-state index contributed by atoms with van der Waals surface area (Å²) in [5.74, 6) is 0.818. The molecule has 0 aromatic rings. The number of nitrogens with zero attached hydrogens (tertiary/aromatic N) is 1. The van der Waals surface area contributed by atoms with Crippen molar-refractivity contribution < 1.29 is 0 Å². The summed E-state index contributed by atoms with van der Waals surface area (Å²) in [5.41, 5.74) is 0. The van der Waals surface area contributed by atoms with E-state index < -0.39 is 0 Å². The Kier molecular flexibility index (Phi) is 4.26. The number of nitrogens with one attached hydrogen (secondary N) is 1. The molecule has 2 aliphatic rings. The van der Waals surface area contributed by atoms with Crippen LogP contribution < -0.4 is 5.32 Å². The summed E-state index contributed by atoms with van der Waals surface area (Å²) in [6.07, 6.45) is 7.10. The van der Waals surface area contributed by atoms with Crippen molar-refractivity contribution in [3.63, 3.8) is 0 Å². The highest BCUT2D eigenvalue weighted by Gasteiger charge is 2.37. The lowest BCUT2D eigenvalue weighted by Gasteiger charge is -2.49.